The van der Waals surface area contributed by atoms with Crippen molar-refractivity contribution >= 4 is 17.1 Å². The number of nitrogens with zero attached hydrogens (tertiary/aromatic N) is 3. The second-order valence-electron chi connectivity index (χ2n) is 4.02. The Hall–Kier alpha value is -2.43. The maximum Gasteiger partial charge on any atom is 0.250 e. The van der Waals surface area contributed by atoms with Gasteiger partial charge in [-0.1, -0.05) is 0 Å². The Labute approximate surface area is 105 Å². The molecule has 0 saturated heterocycles. The first-order chi connectivity index (χ1) is 8.65. The van der Waals surface area contributed by atoms with E-state index in [9.17, 15) is 4.79 Å². The standard InChI is InChI=1S/C13H14N4O/c1-17(2)12-5-3-10(4-6-12)15-16-11-7-8-14-13(18)9-11/h3-9H,1-2H3,(H,14,18). The second kappa shape index (κ2) is 5.27. The minimum absolute atomic E-state index is 0.186. The second-order valence-corrected chi connectivity index (χ2v) is 4.02. The van der Waals surface area contributed by atoms with Crippen molar-refractivity contribution < 1.29 is 0 Å². The van der Waals surface area contributed by atoms with Gasteiger partial charge in [-0.15, -0.1) is 0 Å². The summed E-state index contributed by atoms with van der Waals surface area (Å²) >= 11 is 0. The Kier molecular flexibility index (Phi) is 3.52. The molecule has 5 heteroatoms. The van der Waals surface area contributed by atoms with Gasteiger partial charge in [-0.2, -0.15) is 10.2 Å². The van der Waals surface area contributed by atoms with Crippen LogP contribution in [-0.4, -0.2) is 19.1 Å². The van der Waals surface area contributed by atoms with Gasteiger partial charge >= 0.3 is 0 Å². The zero-order valence-corrected chi connectivity index (χ0v) is 10.3. The van der Waals surface area contributed by atoms with Gasteiger partial charge in [0.15, 0.2) is 0 Å². The first kappa shape index (κ1) is 12.0. The molecule has 1 aromatic heterocycles. The lowest BCUT2D eigenvalue weighted by Gasteiger charge is -2.11. The number of hydrogen-bond donors (Lipinski definition) is 1. The van der Waals surface area contributed by atoms with E-state index in [1.807, 2.05) is 43.3 Å². The number of rotatable bonds is 3. The molecule has 2 aromatic rings. The van der Waals surface area contributed by atoms with Crippen molar-refractivity contribution in [2.75, 3.05) is 19.0 Å². The normalized spacial score (nSPS) is 10.8. The zero-order valence-electron chi connectivity index (χ0n) is 10.3. The fraction of sp³-hybridized carbons (Fsp3) is 0.154. The van der Waals surface area contributed by atoms with Crippen LogP contribution in [0.3, 0.4) is 0 Å². The summed E-state index contributed by atoms with van der Waals surface area (Å²) in [6.45, 7) is 0. The van der Waals surface area contributed by atoms with Crippen LogP contribution in [0.4, 0.5) is 17.1 Å². The molecule has 1 heterocycles. The lowest BCUT2D eigenvalue weighted by Crippen LogP contribution is -2.07. The number of aromatic nitrogens is 1. The minimum Gasteiger partial charge on any atom is -0.378 e. The topological polar surface area (TPSA) is 60.8 Å². The van der Waals surface area contributed by atoms with Crippen molar-refractivity contribution in [2.45, 2.75) is 0 Å². The van der Waals surface area contributed by atoms with Gasteiger partial charge in [0.05, 0.1) is 11.4 Å². The van der Waals surface area contributed by atoms with Gasteiger partial charge in [-0.25, -0.2) is 0 Å². The lowest BCUT2D eigenvalue weighted by atomic mass is 10.3. The molecule has 0 aliphatic heterocycles. The minimum atomic E-state index is -0.186. The summed E-state index contributed by atoms with van der Waals surface area (Å²) in [5.74, 6) is 0. The van der Waals surface area contributed by atoms with Crippen LogP contribution in [0.1, 0.15) is 0 Å². The van der Waals surface area contributed by atoms with E-state index in [1.165, 1.54) is 6.07 Å². The summed E-state index contributed by atoms with van der Waals surface area (Å²) in [6, 6.07) is 10.8. The van der Waals surface area contributed by atoms with E-state index in [0.717, 1.165) is 11.4 Å². The van der Waals surface area contributed by atoms with E-state index in [-0.39, 0.29) is 5.56 Å². The molecule has 0 amide bonds. The largest absolute Gasteiger partial charge is 0.378 e. The highest BCUT2D eigenvalue weighted by Gasteiger charge is 1.95. The van der Waals surface area contributed by atoms with Gasteiger partial charge in [0.25, 0.3) is 0 Å². The molecule has 0 aliphatic rings. The van der Waals surface area contributed by atoms with Crippen molar-refractivity contribution in [3.63, 3.8) is 0 Å². The van der Waals surface area contributed by atoms with Crippen LogP contribution in [0.2, 0.25) is 0 Å². The highest BCUT2D eigenvalue weighted by atomic mass is 16.1. The third kappa shape index (κ3) is 3.04. The molecular weight excluding hydrogens is 228 g/mol. The number of benzene rings is 1. The summed E-state index contributed by atoms with van der Waals surface area (Å²) in [4.78, 5) is 15.6. The Morgan fingerprint density at radius 2 is 1.67 bits per heavy atom. The molecule has 1 N–H and O–H groups in total. The number of aromatic amines is 1. The monoisotopic (exact) mass is 242 g/mol. The average molecular weight is 242 g/mol. The summed E-state index contributed by atoms with van der Waals surface area (Å²) in [7, 11) is 3.96. The van der Waals surface area contributed by atoms with Crippen molar-refractivity contribution in [3.05, 3.63) is 52.9 Å². The van der Waals surface area contributed by atoms with Gasteiger partial charge in [0.2, 0.25) is 5.56 Å². The molecule has 0 fully saturated rings. The Morgan fingerprint density at radius 1 is 1.00 bits per heavy atom. The number of H-pyrrole nitrogens is 1. The Morgan fingerprint density at radius 3 is 2.28 bits per heavy atom. The fourth-order valence-electron chi connectivity index (χ4n) is 1.43. The van der Waals surface area contributed by atoms with Crippen molar-refractivity contribution in [1.29, 1.82) is 0 Å². The first-order valence-corrected chi connectivity index (χ1v) is 5.53. The molecule has 0 aliphatic carbocycles. The number of nitrogens with one attached hydrogen (secondary N) is 1. The summed E-state index contributed by atoms with van der Waals surface area (Å²) in [5, 5.41) is 8.07. The quantitative estimate of drug-likeness (QED) is 0.841. The van der Waals surface area contributed by atoms with Crippen LogP contribution in [0.25, 0.3) is 0 Å². The van der Waals surface area contributed by atoms with E-state index >= 15 is 0 Å². The van der Waals surface area contributed by atoms with Gasteiger partial charge in [-0.05, 0) is 30.3 Å². The lowest BCUT2D eigenvalue weighted by molar-refractivity contribution is 1.13. The third-order valence-corrected chi connectivity index (χ3v) is 2.41. The van der Waals surface area contributed by atoms with E-state index in [0.29, 0.717) is 5.69 Å². The van der Waals surface area contributed by atoms with E-state index in [4.69, 9.17) is 0 Å². The maximum atomic E-state index is 11.1. The molecule has 0 spiro atoms. The molecule has 5 nitrogen and oxygen atoms in total. The third-order valence-electron chi connectivity index (χ3n) is 2.41. The first-order valence-electron chi connectivity index (χ1n) is 5.53. The number of azo groups is 1. The molecule has 2 rings (SSSR count). The van der Waals surface area contributed by atoms with E-state index in [2.05, 4.69) is 15.2 Å². The molecule has 0 saturated carbocycles. The van der Waals surface area contributed by atoms with Gasteiger partial charge in [0, 0.05) is 32.0 Å². The van der Waals surface area contributed by atoms with Crippen LogP contribution in [0.5, 0.6) is 0 Å². The molecular formula is C13H14N4O. The molecule has 0 atom stereocenters. The molecule has 18 heavy (non-hydrogen) atoms. The van der Waals surface area contributed by atoms with E-state index in [1.54, 1.807) is 12.3 Å². The number of anilines is 1. The summed E-state index contributed by atoms with van der Waals surface area (Å²) in [5.41, 5.74) is 2.20. The van der Waals surface area contributed by atoms with Crippen LogP contribution in [0.15, 0.2) is 57.6 Å². The van der Waals surface area contributed by atoms with Crippen LogP contribution in [-0.2, 0) is 0 Å². The van der Waals surface area contributed by atoms with Crippen LogP contribution < -0.4 is 10.5 Å². The smallest absolute Gasteiger partial charge is 0.250 e. The van der Waals surface area contributed by atoms with Gasteiger partial charge in [-0.3, -0.25) is 4.79 Å². The molecule has 0 bridgehead atoms. The molecule has 0 unspecified atom stereocenters. The van der Waals surface area contributed by atoms with Crippen molar-refractivity contribution in [1.82, 2.24) is 4.98 Å². The zero-order chi connectivity index (χ0) is 13.0. The average Bonchev–Trinajstić information content (AvgIpc) is 2.37. The van der Waals surface area contributed by atoms with Crippen molar-refractivity contribution in [3.8, 4) is 0 Å². The predicted molar refractivity (Wildman–Crippen MR) is 72.0 cm³/mol. The van der Waals surface area contributed by atoms with Crippen LogP contribution in [0, 0.1) is 0 Å². The highest BCUT2D eigenvalue weighted by molar-refractivity contribution is 5.51. The Balaban J connectivity index is 2.16. The van der Waals surface area contributed by atoms with Gasteiger partial charge < -0.3 is 9.88 Å². The van der Waals surface area contributed by atoms with Crippen molar-refractivity contribution in [2.24, 2.45) is 10.2 Å². The highest BCUT2D eigenvalue weighted by Crippen LogP contribution is 2.20. The van der Waals surface area contributed by atoms with Crippen LogP contribution >= 0.6 is 0 Å². The Bertz CT molecular complexity index is 599. The fourth-order valence-corrected chi connectivity index (χ4v) is 1.43. The number of hydrogen-bond acceptors (Lipinski definition) is 4. The van der Waals surface area contributed by atoms with Gasteiger partial charge in [0.1, 0.15) is 0 Å². The number of pyridine rings is 1. The summed E-state index contributed by atoms with van der Waals surface area (Å²) < 4.78 is 0. The predicted octanol–water partition coefficient (Wildman–Crippen LogP) is 2.86. The molecule has 1 aromatic carbocycles. The molecule has 92 valence electrons. The maximum absolute atomic E-state index is 11.1. The molecule has 0 radical (unpaired) electrons. The SMILES string of the molecule is CN(C)c1ccc(N=Nc2cc[nH]c(=O)c2)cc1. The summed E-state index contributed by atoms with van der Waals surface area (Å²) in [6.07, 6.45) is 1.55. The van der Waals surface area contributed by atoms with E-state index < -0.39 is 0 Å².